The summed E-state index contributed by atoms with van der Waals surface area (Å²) in [5.41, 5.74) is 1.76. The van der Waals surface area contributed by atoms with Crippen molar-refractivity contribution in [3.63, 3.8) is 0 Å². The van der Waals surface area contributed by atoms with Crippen molar-refractivity contribution >= 4 is 27.6 Å². The molecule has 0 unspecified atom stereocenters. The second-order valence-corrected chi connectivity index (χ2v) is 9.06. The highest BCUT2D eigenvalue weighted by atomic mass is 79.9. The summed E-state index contributed by atoms with van der Waals surface area (Å²) in [6, 6.07) is 7.79. The SMILES string of the molecule is CC(C)Oc1ccc(CN2C(=O)N(c3ccc(Br)nc3)CC23CCCCC3)cn1. The van der Waals surface area contributed by atoms with Gasteiger partial charge in [-0.15, -0.1) is 0 Å². The number of carbonyl (C=O) groups excluding carboxylic acids is 1. The molecule has 2 aromatic heterocycles. The van der Waals surface area contributed by atoms with Crippen molar-refractivity contribution in [1.29, 1.82) is 0 Å². The molecule has 0 aromatic carbocycles. The van der Waals surface area contributed by atoms with E-state index in [1.54, 1.807) is 6.20 Å². The Morgan fingerprint density at radius 1 is 1.10 bits per heavy atom. The topological polar surface area (TPSA) is 58.6 Å². The van der Waals surface area contributed by atoms with Gasteiger partial charge < -0.3 is 9.64 Å². The molecule has 2 aromatic rings. The second kappa shape index (κ2) is 8.30. The molecule has 2 aliphatic rings. The number of amides is 2. The number of rotatable bonds is 5. The lowest BCUT2D eigenvalue weighted by molar-refractivity contribution is 0.113. The molecule has 0 radical (unpaired) electrons. The van der Waals surface area contributed by atoms with Crippen molar-refractivity contribution < 1.29 is 9.53 Å². The highest BCUT2D eigenvalue weighted by Crippen LogP contribution is 2.41. The number of carbonyl (C=O) groups is 1. The van der Waals surface area contributed by atoms with Crippen molar-refractivity contribution in [3.05, 3.63) is 46.8 Å². The lowest BCUT2D eigenvalue weighted by atomic mass is 9.81. The number of ether oxygens (including phenoxy) is 1. The molecule has 0 bridgehead atoms. The van der Waals surface area contributed by atoms with Gasteiger partial charge in [0.25, 0.3) is 0 Å². The van der Waals surface area contributed by atoms with E-state index in [0.29, 0.717) is 12.4 Å². The molecule has 3 heterocycles. The number of halogens is 1. The van der Waals surface area contributed by atoms with Crippen LogP contribution in [0.3, 0.4) is 0 Å². The molecule has 4 rings (SSSR count). The quantitative estimate of drug-likeness (QED) is 0.579. The van der Waals surface area contributed by atoms with Gasteiger partial charge in [-0.2, -0.15) is 0 Å². The number of nitrogens with zero attached hydrogens (tertiary/aromatic N) is 4. The van der Waals surface area contributed by atoms with Crippen LogP contribution < -0.4 is 9.64 Å². The smallest absolute Gasteiger partial charge is 0.325 e. The van der Waals surface area contributed by atoms with Gasteiger partial charge in [-0.05, 0) is 60.3 Å². The van der Waals surface area contributed by atoms with Gasteiger partial charge in [-0.25, -0.2) is 14.8 Å². The van der Waals surface area contributed by atoms with E-state index in [4.69, 9.17) is 4.74 Å². The molecule has 7 heteroatoms. The Labute approximate surface area is 180 Å². The molecule has 1 saturated carbocycles. The number of hydrogen-bond donors (Lipinski definition) is 0. The molecule has 154 valence electrons. The van der Waals surface area contributed by atoms with E-state index in [1.165, 1.54) is 6.42 Å². The Hall–Kier alpha value is -2.15. The van der Waals surface area contributed by atoms with Gasteiger partial charge in [-0.1, -0.05) is 25.3 Å². The summed E-state index contributed by atoms with van der Waals surface area (Å²) in [5.74, 6) is 0.617. The van der Waals surface area contributed by atoms with Gasteiger partial charge in [0.1, 0.15) is 4.60 Å². The van der Waals surface area contributed by atoms with E-state index in [1.807, 2.05) is 49.2 Å². The fourth-order valence-corrected chi connectivity index (χ4v) is 4.63. The van der Waals surface area contributed by atoms with Crippen LogP contribution in [-0.2, 0) is 6.54 Å². The maximum Gasteiger partial charge on any atom is 0.325 e. The lowest BCUT2D eigenvalue weighted by Crippen LogP contribution is -2.48. The first kappa shape index (κ1) is 20.1. The number of pyridine rings is 2. The largest absolute Gasteiger partial charge is 0.475 e. The average molecular weight is 459 g/mol. The van der Waals surface area contributed by atoms with Crippen LogP contribution in [0.25, 0.3) is 0 Å². The molecule has 2 fully saturated rings. The van der Waals surface area contributed by atoms with Crippen LogP contribution in [0.4, 0.5) is 10.5 Å². The number of hydrogen-bond acceptors (Lipinski definition) is 4. The third-order valence-electron chi connectivity index (χ3n) is 5.79. The first-order valence-corrected chi connectivity index (χ1v) is 11.1. The van der Waals surface area contributed by atoms with Crippen molar-refractivity contribution in [2.24, 2.45) is 0 Å². The number of aromatic nitrogens is 2. The summed E-state index contributed by atoms with van der Waals surface area (Å²) < 4.78 is 6.41. The van der Waals surface area contributed by atoms with Gasteiger partial charge in [-0.3, -0.25) is 4.90 Å². The Bertz CT molecular complexity index is 848. The van der Waals surface area contributed by atoms with Crippen LogP contribution >= 0.6 is 15.9 Å². The molecule has 1 aliphatic heterocycles. The minimum atomic E-state index is -0.116. The van der Waals surface area contributed by atoms with Gasteiger partial charge in [0.2, 0.25) is 5.88 Å². The van der Waals surface area contributed by atoms with Gasteiger partial charge in [0.05, 0.1) is 30.1 Å². The van der Waals surface area contributed by atoms with Gasteiger partial charge >= 0.3 is 6.03 Å². The Morgan fingerprint density at radius 2 is 1.90 bits per heavy atom. The molecule has 29 heavy (non-hydrogen) atoms. The monoisotopic (exact) mass is 458 g/mol. The molecule has 0 N–H and O–H groups in total. The second-order valence-electron chi connectivity index (χ2n) is 8.25. The van der Waals surface area contributed by atoms with Crippen LogP contribution in [0.1, 0.15) is 51.5 Å². The first-order chi connectivity index (χ1) is 14.0. The van der Waals surface area contributed by atoms with Crippen LogP contribution in [0.15, 0.2) is 41.3 Å². The molecular formula is C22H27BrN4O2. The van der Waals surface area contributed by atoms with Crippen molar-refractivity contribution in [2.45, 2.75) is 64.1 Å². The molecule has 0 atom stereocenters. The number of urea groups is 1. The summed E-state index contributed by atoms with van der Waals surface area (Å²) in [6.07, 6.45) is 9.33. The Kier molecular flexibility index (Phi) is 5.76. The molecule has 6 nitrogen and oxygen atoms in total. The third-order valence-corrected chi connectivity index (χ3v) is 6.26. The predicted octanol–water partition coefficient (Wildman–Crippen LogP) is 5.17. The highest BCUT2D eigenvalue weighted by molar-refractivity contribution is 9.10. The predicted molar refractivity (Wildman–Crippen MR) is 116 cm³/mol. The zero-order chi connectivity index (χ0) is 20.4. The Balaban J connectivity index is 1.58. The molecule has 2 amide bonds. The zero-order valence-corrected chi connectivity index (χ0v) is 18.6. The standard InChI is InChI=1S/C22H27BrN4O2/c1-16(2)29-20-9-6-17(12-25-20)14-27-21(28)26(18-7-8-19(23)24-13-18)15-22(27)10-4-3-5-11-22/h6-9,12-13,16H,3-5,10-11,14-15H2,1-2H3. The molecule has 1 saturated heterocycles. The van der Waals surface area contributed by atoms with Crippen LogP contribution in [0.2, 0.25) is 0 Å². The maximum absolute atomic E-state index is 13.4. The van der Waals surface area contributed by atoms with E-state index in [0.717, 1.165) is 48.1 Å². The highest BCUT2D eigenvalue weighted by Gasteiger charge is 2.50. The van der Waals surface area contributed by atoms with E-state index >= 15 is 0 Å². The van der Waals surface area contributed by atoms with Crippen molar-refractivity contribution in [3.8, 4) is 5.88 Å². The minimum absolute atomic E-state index is 0.0542. The van der Waals surface area contributed by atoms with E-state index in [9.17, 15) is 4.79 Å². The van der Waals surface area contributed by atoms with E-state index in [2.05, 4.69) is 30.8 Å². The summed E-state index contributed by atoms with van der Waals surface area (Å²) in [4.78, 5) is 26.1. The first-order valence-electron chi connectivity index (χ1n) is 10.3. The molecule has 1 spiro atoms. The van der Waals surface area contributed by atoms with Gasteiger partial charge in [0, 0.05) is 18.8 Å². The molecular weight excluding hydrogens is 432 g/mol. The molecule has 1 aliphatic carbocycles. The van der Waals surface area contributed by atoms with Crippen LogP contribution in [0.5, 0.6) is 5.88 Å². The third kappa shape index (κ3) is 4.25. The van der Waals surface area contributed by atoms with Crippen LogP contribution in [0, 0.1) is 0 Å². The summed E-state index contributed by atoms with van der Waals surface area (Å²) in [5, 5.41) is 0. The summed E-state index contributed by atoms with van der Waals surface area (Å²) in [6.45, 7) is 5.25. The number of anilines is 1. The summed E-state index contributed by atoms with van der Waals surface area (Å²) in [7, 11) is 0. The minimum Gasteiger partial charge on any atom is -0.475 e. The van der Waals surface area contributed by atoms with Crippen LogP contribution in [-0.4, -0.2) is 39.1 Å². The normalized spacial score (nSPS) is 18.7. The maximum atomic E-state index is 13.4. The fourth-order valence-electron chi connectivity index (χ4n) is 4.40. The average Bonchev–Trinajstić information content (AvgIpc) is 2.96. The summed E-state index contributed by atoms with van der Waals surface area (Å²) >= 11 is 3.37. The van der Waals surface area contributed by atoms with Gasteiger partial charge in [0.15, 0.2) is 0 Å². The van der Waals surface area contributed by atoms with Crippen molar-refractivity contribution in [1.82, 2.24) is 14.9 Å². The van der Waals surface area contributed by atoms with E-state index in [-0.39, 0.29) is 17.7 Å². The van der Waals surface area contributed by atoms with Crippen molar-refractivity contribution in [2.75, 3.05) is 11.4 Å². The zero-order valence-electron chi connectivity index (χ0n) is 17.0. The fraction of sp³-hybridized carbons (Fsp3) is 0.500. The Morgan fingerprint density at radius 3 is 2.52 bits per heavy atom. The van der Waals surface area contributed by atoms with E-state index < -0.39 is 0 Å². The lowest BCUT2D eigenvalue weighted by Gasteiger charge is -2.40.